The van der Waals surface area contributed by atoms with Crippen molar-refractivity contribution in [2.75, 3.05) is 12.0 Å². The summed E-state index contributed by atoms with van der Waals surface area (Å²) in [6.07, 6.45) is 1.26. The van der Waals surface area contributed by atoms with E-state index in [-0.39, 0.29) is 29.2 Å². The fourth-order valence-corrected chi connectivity index (χ4v) is 3.55. The number of hydrogen-bond donors (Lipinski definition) is 2. The van der Waals surface area contributed by atoms with Crippen LogP contribution in [0.4, 0.5) is 14.9 Å². The number of halogens is 1. The van der Waals surface area contributed by atoms with Crippen molar-refractivity contribution in [2.45, 2.75) is 6.61 Å². The first-order valence-corrected chi connectivity index (χ1v) is 10.6. The highest BCUT2D eigenvalue weighted by atomic mass is 19.1. The van der Waals surface area contributed by atoms with Crippen molar-refractivity contribution in [1.29, 1.82) is 0 Å². The molecule has 1 fully saturated rings. The van der Waals surface area contributed by atoms with E-state index in [1.165, 1.54) is 37.5 Å². The molecule has 1 aliphatic heterocycles. The van der Waals surface area contributed by atoms with Crippen LogP contribution in [0, 0.1) is 5.82 Å². The Bertz CT molecular complexity index is 1400. The maximum absolute atomic E-state index is 13.3. The van der Waals surface area contributed by atoms with Gasteiger partial charge >= 0.3 is 12.0 Å². The number of barbiturate groups is 1. The summed E-state index contributed by atoms with van der Waals surface area (Å²) >= 11 is 0. The maximum Gasteiger partial charge on any atom is 0.335 e. The van der Waals surface area contributed by atoms with Crippen LogP contribution in [0.25, 0.3) is 6.08 Å². The molecule has 36 heavy (non-hydrogen) atoms. The number of methoxy groups -OCH3 is 1. The van der Waals surface area contributed by atoms with Gasteiger partial charge in [0.05, 0.1) is 18.4 Å². The molecule has 9 nitrogen and oxygen atoms in total. The first-order valence-electron chi connectivity index (χ1n) is 10.6. The van der Waals surface area contributed by atoms with Gasteiger partial charge in [-0.05, 0) is 54.1 Å². The molecule has 182 valence electrons. The second kappa shape index (κ2) is 10.1. The second-order valence-corrected chi connectivity index (χ2v) is 7.61. The molecule has 0 unspecified atom stereocenters. The van der Waals surface area contributed by atoms with Gasteiger partial charge in [0.2, 0.25) is 0 Å². The van der Waals surface area contributed by atoms with Gasteiger partial charge in [0.1, 0.15) is 18.0 Å². The predicted octanol–water partition coefficient (Wildman–Crippen LogP) is 3.78. The Kier molecular flexibility index (Phi) is 6.77. The minimum Gasteiger partial charge on any atom is -0.493 e. The molecule has 4 amide bonds. The molecular weight excluding hydrogens is 471 g/mol. The summed E-state index contributed by atoms with van der Waals surface area (Å²) in [5.41, 5.74) is 0.686. The third kappa shape index (κ3) is 4.92. The van der Waals surface area contributed by atoms with E-state index >= 15 is 0 Å². The van der Waals surface area contributed by atoms with Gasteiger partial charge in [-0.15, -0.1) is 0 Å². The third-order valence-electron chi connectivity index (χ3n) is 5.27. The standard InChI is InChI=1S/C26H19FN2O7/c1-35-21-7-3-5-16(22(21)36-14-15-4-2-6-17(12-15)25(32)33)13-20-23(30)28-26(34)29(24(20)31)19-10-8-18(27)9-11-19/h2-13H,14H2,1H3,(H,32,33)(H,28,30,34)/b20-13+. The first-order chi connectivity index (χ1) is 17.3. The summed E-state index contributed by atoms with van der Waals surface area (Å²) in [5, 5.41) is 11.3. The summed E-state index contributed by atoms with van der Waals surface area (Å²) in [5.74, 6) is -2.96. The lowest BCUT2D eigenvalue weighted by atomic mass is 10.1. The highest BCUT2D eigenvalue weighted by molar-refractivity contribution is 6.39. The summed E-state index contributed by atoms with van der Waals surface area (Å²) in [6.45, 7) is -0.0298. The Balaban J connectivity index is 1.69. The predicted molar refractivity (Wildman–Crippen MR) is 126 cm³/mol. The number of carboxylic acid groups (broad SMARTS) is 1. The zero-order chi connectivity index (χ0) is 25.8. The number of rotatable bonds is 7. The highest BCUT2D eigenvalue weighted by Gasteiger charge is 2.37. The average Bonchev–Trinajstić information content (AvgIpc) is 2.86. The Labute approximate surface area is 204 Å². The van der Waals surface area contributed by atoms with Crippen LogP contribution in [0.3, 0.4) is 0 Å². The lowest BCUT2D eigenvalue weighted by Gasteiger charge is -2.26. The van der Waals surface area contributed by atoms with E-state index in [2.05, 4.69) is 5.32 Å². The van der Waals surface area contributed by atoms with E-state index in [9.17, 15) is 28.7 Å². The zero-order valence-corrected chi connectivity index (χ0v) is 18.9. The van der Waals surface area contributed by atoms with Crippen molar-refractivity contribution in [2.24, 2.45) is 0 Å². The van der Waals surface area contributed by atoms with Gasteiger partial charge in [-0.2, -0.15) is 0 Å². The molecule has 1 aliphatic rings. The van der Waals surface area contributed by atoms with Crippen molar-refractivity contribution in [1.82, 2.24) is 5.32 Å². The number of hydrogen-bond acceptors (Lipinski definition) is 6. The number of ether oxygens (including phenoxy) is 2. The third-order valence-corrected chi connectivity index (χ3v) is 5.27. The van der Waals surface area contributed by atoms with Crippen molar-refractivity contribution in [3.8, 4) is 11.5 Å². The quantitative estimate of drug-likeness (QED) is 0.382. The lowest BCUT2D eigenvalue weighted by molar-refractivity contribution is -0.122. The van der Waals surface area contributed by atoms with Crippen molar-refractivity contribution in [3.05, 3.63) is 94.8 Å². The fourth-order valence-electron chi connectivity index (χ4n) is 3.55. The SMILES string of the molecule is COc1cccc(/C=C2\C(=O)NC(=O)N(c3ccc(F)cc3)C2=O)c1OCc1cccc(C(=O)O)c1. The van der Waals surface area contributed by atoms with Crippen molar-refractivity contribution in [3.63, 3.8) is 0 Å². The van der Waals surface area contributed by atoms with Gasteiger partial charge in [-0.25, -0.2) is 18.9 Å². The highest BCUT2D eigenvalue weighted by Crippen LogP contribution is 2.34. The van der Waals surface area contributed by atoms with Gasteiger partial charge < -0.3 is 14.6 Å². The molecule has 0 bridgehead atoms. The van der Waals surface area contributed by atoms with E-state index in [1.807, 2.05) is 0 Å². The lowest BCUT2D eigenvalue weighted by Crippen LogP contribution is -2.54. The summed E-state index contributed by atoms with van der Waals surface area (Å²) in [6, 6.07) is 14.7. The minimum atomic E-state index is -1.08. The normalized spacial score (nSPS) is 14.6. The van der Waals surface area contributed by atoms with Gasteiger partial charge in [-0.3, -0.25) is 14.9 Å². The number of para-hydroxylation sites is 1. The zero-order valence-electron chi connectivity index (χ0n) is 18.9. The number of carbonyl (C=O) groups excluding carboxylic acids is 3. The van der Waals surface area contributed by atoms with Crippen molar-refractivity contribution < 1.29 is 38.1 Å². The molecule has 0 atom stereocenters. The number of anilines is 1. The van der Waals surface area contributed by atoms with Gasteiger partial charge in [-0.1, -0.05) is 24.3 Å². The van der Waals surface area contributed by atoms with Crippen LogP contribution in [0.1, 0.15) is 21.5 Å². The number of nitrogens with zero attached hydrogens (tertiary/aromatic N) is 1. The van der Waals surface area contributed by atoms with Crippen LogP contribution >= 0.6 is 0 Å². The van der Waals surface area contributed by atoms with E-state index in [0.29, 0.717) is 16.9 Å². The molecule has 4 rings (SSSR count). The number of aromatic carboxylic acids is 1. The van der Waals surface area contributed by atoms with E-state index in [0.717, 1.165) is 17.0 Å². The summed E-state index contributed by atoms with van der Waals surface area (Å²) in [7, 11) is 1.41. The number of urea groups is 1. The Morgan fingerprint density at radius 3 is 2.47 bits per heavy atom. The Morgan fingerprint density at radius 1 is 1.06 bits per heavy atom. The maximum atomic E-state index is 13.3. The number of imide groups is 2. The van der Waals surface area contributed by atoms with Crippen LogP contribution in [-0.2, 0) is 16.2 Å². The molecule has 0 saturated carbocycles. The van der Waals surface area contributed by atoms with Crippen LogP contribution in [0.15, 0.2) is 72.3 Å². The van der Waals surface area contributed by atoms with Gasteiger partial charge in [0.15, 0.2) is 11.5 Å². The van der Waals surface area contributed by atoms with E-state index in [4.69, 9.17) is 9.47 Å². The number of amides is 4. The molecule has 0 spiro atoms. The molecule has 0 radical (unpaired) electrons. The van der Waals surface area contributed by atoms with Crippen LogP contribution in [0.5, 0.6) is 11.5 Å². The molecule has 3 aromatic carbocycles. The number of carbonyl (C=O) groups is 4. The minimum absolute atomic E-state index is 0.0298. The van der Waals surface area contributed by atoms with Crippen LogP contribution in [-0.4, -0.2) is 36.0 Å². The van der Waals surface area contributed by atoms with Crippen molar-refractivity contribution >= 4 is 35.6 Å². The molecule has 1 saturated heterocycles. The summed E-state index contributed by atoms with van der Waals surface area (Å²) in [4.78, 5) is 50.0. The molecule has 3 aromatic rings. The topological polar surface area (TPSA) is 122 Å². The van der Waals surface area contributed by atoms with Crippen LogP contribution in [0.2, 0.25) is 0 Å². The molecule has 1 heterocycles. The van der Waals surface area contributed by atoms with E-state index < -0.39 is 29.6 Å². The molecule has 0 aliphatic carbocycles. The molecule has 10 heteroatoms. The molecule has 2 N–H and O–H groups in total. The number of benzene rings is 3. The number of nitrogens with one attached hydrogen (secondary N) is 1. The fraction of sp³-hybridized carbons (Fsp3) is 0.0769. The molecular formula is C26H19FN2O7. The number of carboxylic acids is 1. The van der Waals surface area contributed by atoms with Crippen LogP contribution < -0.4 is 19.7 Å². The average molecular weight is 490 g/mol. The van der Waals surface area contributed by atoms with Gasteiger partial charge in [0.25, 0.3) is 11.8 Å². The van der Waals surface area contributed by atoms with Gasteiger partial charge in [0, 0.05) is 5.56 Å². The molecule has 0 aromatic heterocycles. The summed E-state index contributed by atoms with van der Waals surface area (Å²) < 4.78 is 24.6. The monoisotopic (exact) mass is 490 g/mol. The second-order valence-electron chi connectivity index (χ2n) is 7.61. The van der Waals surface area contributed by atoms with E-state index in [1.54, 1.807) is 30.3 Å². The smallest absolute Gasteiger partial charge is 0.335 e. The Morgan fingerprint density at radius 2 is 1.78 bits per heavy atom. The first kappa shape index (κ1) is 24.1. The largest absolute Gasteiger partial charge is 0.493 e. The Hall–Kier alpha value is -4.99.